The van der Waals surface area contributed by atoms with Crippen molar-refractivity contribution < 1.29 is 9.59 Å². The first-order chi connectivity index (χ1) is 15.6. The van der Waals surface area contributed by atoms with E-state index in [0.717, 1.165) is 45.1 Å². The molecule has 32 heavy (non-hydrogen) atoms. The van der Waals surface area contributed by atoms with Gasteiger partial charge in [0.2, 0.25) is 11.8 Å². The van der Waals surface area contributed by atoms with Crippen molar-refractivity contribution in [3.8, 4) is 10.4 Å². The third-order valence-electron chi connectivity index (χ3n) is 7.12. The van der Waals surface area contributed by atoms with Gasteiger partial charge in [-0.15, -0.1) is 11.3 Å². The lowest BCUT2D eigenvalue weighted by molar-refractivity contribution is -0.139. The molecule has 0 bridgehead atoms. The monoisotopic (exact) mass is 453 g/mol. The summed E-state index contributed by atoms with van der Waals surface area (Å²) in [4.78, 5) is 29.9. The van der Waals surface area contributed by atoms with E-state index in [4.69, 9.17) is 0 Å². The molecule has 172 valence electrons. The summed E-state index contributed by atoms with van der Waals surface area (Å²) >= 11 is 1.74. The zero-order valence-corrected chi connectivity index (χ0v) is 20.0. The van der Waals surface area contributed by atoms with Gasteiger partial charge in [-0.1, -0.05) is 43.5 Å². The fourth-order valence-corrected chi connectivity index (χ4v) is 5.88. The lowest BCUT2D eigenvalue weighted by Gasteiger charge is -2.35. The Morgan fingerprint density at radius 2 is 1.88 bits per heavy atom. The molecule has 3 atom stereocenters. The number of rotatable bonds is 7. The van der Waals surface area contributed by atoms with Gasteiger partial charge in [0.05, 0.1) is 12.1 Å². The Balaban J connectivity index is 1.57. The summed E-state index contributed by atoms with van der Waals surface area (Å²) in [6.07, 6.45) is 7.49. The topological polar surface area (TPSA) is 61.4 Å². The van der Waals surface area contributed by atoms with Crippen molar-refractivity contribution in [2.24, 2.45) is 5.92 Å². The number of amides is 2. The molecule has 2 N–H and O–H groups in total. The van der Waals surface area contributed by atoms with Gasteiger partial charge < -0.3 is 15.5 Å². The molecule has 2 fully saturated rings. The Labute approximate surface area is 195 Å². The molecule has 1 aliphatic heterocycles. The first-order valence-corrected chi connectivity index (χ1v) is 12.9. The predicted molar refractivity (Wildman–Crippen MR) is 130 cm³/mol. The van der Waals surface area contributed by atoms with Crippen LogP contribution >= 0.6 is 11.3 Å². The van der Waals surface area contributed by atoms with Gasteiger partial charge >= 0.3 is 0 Å². The highest BCUT2D eigenvalue weighted by molar-refractivity contribution is 7.13. The second-order valence-corrected chi connectivity index (χ2v) is 10.1. The zero-order valence-electron chi connectivity index (χ0n) is 19.2. The maximum absolute atomic E-state index is 13.9. The highest BCUT2D eigenvalue weighted by atomic mass is 32.1. The molecule has 2 unspecified atom stereocenters. The molecule has 6 heteroatoms. The summed E-state index contributed by atoms with van der Waals surface area (Å²) in [5.41, 5.74) is 2.40. The second kappa shape index (κ2) is 10.6. The van der Waals surface area contributed by atoms with Crippen molar-refractivity contribution in [1.29, 1.82) is 0 Å². The number of thiophene rings is 1. The van der Waals surface area contributed by atoms with Gasteiger partial charge in [-0.05, 0) is 74.2 Å². The molecule has 1 saturated carbocycles. The fourth-order valence-electron chi connectivity index (χ4n) is 5.16. The Morgan fingerprint density at radius 3 is 2.59 bits per heavy atom. The highest BCUT2D eigenvalue weighted by Gasteiger charge is 2.39. The van der Waals surface area contributed by atoms with E-state index in [2.05, 4.69) is 52.4 Å². The van der Waals surface area contributed by atoms with Crippen LogP contribution in [-0.2, 0) is 9.59 Å². The average molecular weight is 454 g/mol. The number of carbonyl (C=O) groups excluding carboxylic acids is 2. The number of benzene rings is 1. The van der Waals surface area contributed by atoms with E-state index in [9.17, 15) is 9.59 Å². The van der Waals surface area contributed by atoms with Crippen LogP contribution in [0.5, 0.6) is 0 Å². The maximum Gasteiger partial charge on any atom is 0.245 e. The van der Waals surface area contributed by atoms with E-state index in [0.29, 0.717) is 0 Å². The minimum Gasteiger partial charge on any atom is -0.343 e. The fraction of sp³-hybridized carbons (Fsp3) is 0.538. The van der Waals surface area contributed by atoms with Crippen LogP contribution in [0.15, 0.2) is 41.8 Å². The van der Waals surface area contributed by atoms with E-state index in [1.165, 1.54) is 22.4 Å². The standard InChI is InChI=1S/C26H35N3O2S/c1-18(27-2)25(30)28-24(19-9-4-3-5-10-19)26(31)29-15-7-13-22(29)20-11-6-12-21(17-20)23-14-8-16-32-23/h6,8,11-12,14,16-19,22,24,27H,3-5,7,9-10,13,15H2,1-2H3,(H,28,30)/t18?,22-,24?/m0/s1. The summed E-state index contributed by atoms with van der Waals surface area (Å²) in [6.45, 7) is 2.60. The molecular weight excluding hydrogens is 418 g/mol. The molecule has 1 saturated heterocycles. The number of nitrogens with zero attached hydrogens (tertiary/aromatic N) is 1. The van der Waals surface area contributed by atoms with E-state index in [1.807, 2.05) is 11.8 Å². The molecule has 2 heterocycles. The molecule has 4 rings (SSSR count). The van der Waals surface area contributed by atoms with E-state index in [-0.39, 0.29) is 29.8 Å². The number of likely N-dealkylation sites (N-methyl/N-ethyl adjacent to an activating group) is 1. The summed E-state index contributed by atoms with van der Waals surface area (Å²) in [5.74, 6) is 0.229. The largest absolute Gasteiger partial charge is 0.343 e. The summed E-state index contributed by atoms with van der Waals surface area (Å²) in [6, 6.07) is 12.2. The van der Waals surface area contributed by atoms with Gasteiger partial charge in [-0.3, -0.25) is 9.59 Å². The summed E-state index contributed by atoms with van der Waals surface area (Å²) < 4.78 is 0. The Morgan fingerprint density at radius 1 is 1.06 bits per heavy atom. The Hall–Kier alpha value is -2.18. The lowest BCUT2D eigenvalue weighted by Crippen LogP contribution is -2.55. The number of carbonyl (C=O) groups is 2. The first-order valence-electron chi connectivity index (χ1n) is 12.0. The number of nitrogens with one attached hydrogen (secondary N) is 2. The van der Waals surface area contributed by atoms with Crippen LogP contribution in [0.25, 0.3) is 10.4 Å². The molecule has 2 aliphatic rings. The average Bonchev–Trinajstić information content (AvgIpc) is 3.55. The van der Waals surface area contributed by atoms with Gasteiger partial charge in [0.15, 0.2) is 0 Å². The normalized spacial score (nSPS) is 21.3. The lowest BCUT2D eigenvalue weighted by atomic mass is 9.83. The molecule has 0 spiro atoms. The number of likely N-dealkylation sites (tertiary alicyclic amines) is 1. The maximum atomic E-state index is 13.9. The van der Waals surface area contributed by atoms with Gasteiger partial charge in [-0.25, -0.2) is 0 Å². The van der Waals surface area contributed by atoms with Gasteiger partial charge in [-0.2, -0.15) is 0 Å². The van der Waals surface area contributed by atoms with E-state index in [1.54, 1.807) is 18.4 Å². The highest BCUT2D eigenvalue weighted by Crippen LogP contribution is 2.37. The van der Waals surface area contributed by atoms with Crippen molar-refractivity contribution >= 4 is 23.2 Å². The smallest absolute Gasteiger partial charge is 0.245 e. The Bertz CT molecular complexity index is 908. The van der Waals surface area contributed by atoms with Gasteiger partial charge in [0.25, 0.3) is 0 Å². The third kappa shape index (κ3) is 5.07. The summed E-state index contributed by atoms with van der Waals surface area (Å²) in [7, 11) is 1.78. The van der Waals surface area contributed by atoms with Crippen LogP contribution < -0.4 is 10.6 Å². The van der Waals surface area contributed by atoms with Crippen molar-refractivity contribution in [1.82, 2.24) is 15.5 Å². The number of hydrogen-bond acceptors (Lipinski definition) is 4. The van der Waals surface area contributed by atoms with Crippen molar-refractivity contribution in [2.45, 2.75) is 70.0 Å². The van der Waals surface area contributed by atoms with Crippen LogP contribution in [0.4, 0.5) is 0 Å². The third-order valence-corrected chi connectivity index (χ3v) is 8.04. The predicted octanol–water partition coefficient (Wildman–Crippen LogP) is 4.75. The van der Waals surface area contributed by atoms with E-state index < -0.39 is 6.04 Å². The van der Waals surface area contributed by atoms with Crippen LogP contribution in [0.2, 0.25) is 0 Å². The summed E-state index contributed by atoms with van der Waals surface area (Å²) in [5, 5.41) is 8.22. The van der Waals surface area contributed by atoms with E-state index >= 15 is 0 Å². The minimum atomic E-state index is -0.431. The molecule has 1 aromatic carbocycles. The van der Waals surface area contributed by atoms with Crippen molar-refractivity contribution in [3.63, 3.8) is 0 Å². The first kappa shape index (κ1) is 23.0. The van der Waals surface area contributed by atoms with Gasteiger partial charge in [0, 0.05) is 11.4 Å². The van der Waals surface area contributed by atoms with Crippen LogP contribution in [-0.4, -0.2) is 42.4 Å². The second-order valence-electron chi connectivity index (χ2n) is 9.19. The quantitative estimate of drug-likeness (QED) is 0.636. The van der Waals surface area contributed by atoms with Crippen molar-refractivity contribution in [3.05, 3.63) is 47.3 Å². The molecule has 1 aliphatic carbocycles. The zero-order chi connectivity index (χ0) is 22.5. The van der Waals surface area contributed by atoms with Crippen LogP contribution in [0, 0.1) is 5.92 Å². The molecule has 0 radical (unpaired) electrons. The van der Waals surface area contributed by atoms with Crippen LogP contribution in [0.1, 0.15) is 63.5 Å². The van der Waals surface area contributed by atoms with Crippen molar-refractivity contribution in [2.75, 3.05) is 13.6 Å². The van der Waals surface area contributed by atoms with Crippen LogP contribution in [0.3, 0.4) is 0 Å². The molecule has 5 nitrogen and oxygen atoms in total. The Kier molecular flexibility index (Phi) is 7.63. The molecule has 2 amide bonds. The minimum absolute atomic E-state index is 0.0760. The SMILES string of the molecule is CNC(C)C(=O)NC(C(=O)N1CCC[C@H]1c1cccc(-c2cccs2)c1)C1CCCCC1. The molecular formula is C26H35N3O2S. The molecule has 1 aromatic heterocycles. The molecule has 2 aromatic rings. The number of hydrogen-bond donors (Lipinski definition) is 2. The van der Waals surface area contributed by atoms with Gasteiger partial charge in [0.1, 0.15) is 6.04 Å².